The van der Waals surface area contributed by atoms with E-state index < -0.39 is 0 Å². The van der Waals surface area contributed by atoms with Gasteiger partial charge in [-0.3, -0.25) is 9.89 Å². The molecule has 0 bridgehead atoms. The highest BCUT2D eigenvalue weighted by atomic mass is 15.4. The van der Waals surface area contributed by atoms with Crippen LogP contribution in [0.2, 0.25) is 0 Å². The molecule has 1 atom stereocenters. The molecule has 0 spiro atoms. The lowest BCUT2D eigenvalue weighted by Gasteiger charge is -2.42. The Morgan fingerprint density at radius 2 is 2.20 bits per heavy atom. The Labute approximate surface area is 93.1 Å². The lowest BCUT2D eigenvalue weighted by molar-refractivity contribution is -0.844. The van der Waals surface area contributed by atoms with E-state index in [2.05, 4.69) is 20.0 Å². The molecule has 1 saturated carbocycles. The van der Waals surface area contributed by atoms with Crippen LogP contribution < -0.4 is 5.73 Å². The fraction of sp³-hybridized carbons (Fsp3) is 0.750. The number of hydrogen-bond acceptors (Lipinski definition) is 2. The standard InChI is InChI=1S/C12H24N3/c1-3-5-11(8-13)9-15(2,10-14)12-6-4-7-12/h5,10,12,14H,3-4,6-9,13H2,1-2H3/q+1/b11-5+,14-10?. The first-order valence-electron chi connectivity index (χ1n) is 5.90. The van der Waals surface area contributed by atoms with Crippen LogP contribution in [-0.2, 0) is 0 Å². The molecule has 0 amide bonds. The quantitative estimate of drug-likeness (QED) is 0.299. The topological polar surface area (TPSA) is 49.9 Å². The molecular weight excluding hydrogens is 186 g/mol. The zero-order valence-corrected chi connectivity index (χ0v) is 10.00. The molecule has 0 saturated heterocycles. The van der Waals surface area contributed by atoms with Crippen molar-refractivity contribution in [2.45, 2.75) is 38.6 Å². The molecule has 3 N–H and O–H groups in total. The number of nitrogens with one attached hydrogen (secondary N) is 1. The molecule has 1 rings (SSSR count). The first-order chi connectivity index (χ1) is 7.16. The van der Waals surface area contributed by atoms with E-state index in [1.807, 2.05) is 0 Å². The fourth-order valence-electron chi connectivity index (χ4n) is 2.20. The SMILES string of the molecule is CC/C=C(\CN)C[N+](C)(C=N)C1CCC1. The minimum Gasteiger partial charge on any atom is -0.327 e. The minimum atomic E-state index is 0.627. The molecule has 0 heterocycles. The van der Waals surface area contributed by atoms with Crippen molar-refractivity contribution in [2.75, 3.05) is 20.1 Å². The number of rotatable bonds is 6. The molecular formula is C12H24N3+. The summed E-state index contributed by atoms with van der Waals surface area (Å²) in [6.07, 6.45) is 8.67. The molecule has 15 heavy (non-hydrogen) atoms. The van der Waals surface area contributed by atoms with Crippen molar-refractivity contribution >= 4 is 6.34 Å². The lowest BCUT2D eigenvalue weighted by atomic mass is 9.89. The maximum atomic E-state index is 7.60. The number of hydrogen-bond donors (Lipinski definition) is 2. The molecule has 0 radical (unpaired) electrons. The third-order valence-electron chi connectivity index (χ3n) is 3.50. The molecule has 0 aromatic carbocycles. The predicted octanol–water partition coefficient (Wildman–Crippen LogP) is 1.89. The number of nitrogens with zero attached hydrogens (tertiary/aromatic N) is 1. The normalized spacial score (nSPS) is 21.9. The monoisotopic (exact) mass is 210 g/mol. The van der Waals surface area contributed by atoms with E-state index in [4.69, 9.17) is 11.1 Å². The van der Waals surface area contributed by atoms with Crippen LogP contribution in [0.25, 0.3) is 0 Å². The van der Waals surface area contributed by atoms with Gasteiger partial charge < -0.3 is 5.73 Å². The van der Waals surface area contributed by atoms with Gasteiger partial charge in [-0.2, -0.15) is 0 Å². The molecule has 1 unspecified atom stereocenters. The van der Waals surface area contributed by atoms with Gasteiger partial charge >= 0.3 is 0 Å². The van der Waals surface area contributed by atoms with Crippen LogP contribution >= 0.6 is 0 Å². The average Bonchev–Trinajstić information content (AvgIpc) is 2.14. The average molecular weight is 210 g/mol. The molecule has 3 nitrogen and oxygen atoms in total. The van der Waals surface area contributed by atoms with Gasteiger partial charge in [0.15, 0.2) is 6.34 Å². The summed E-state index contributed by atoms with van der Waals surface area (Å²) in [5.41, 5.74) is 7.01. The van der Waals surface area contributed by atoms with Crippen LogP contribution in [-0.4, -0.2) is 37.0 Å². The summed E-state index contributed by atoms with van der Waals surface area (Å²) in [4.78, 5) is 0. The van der Waals surface area contributed by atoms with Crippen molar-refractivity contribution in [3.8, 4) is 0 Å². The van der Waals surface area contributed by atoms with Gasteiger partial charge in [0.1, 0.15) is 6.54 Å². The number of quaternary nitrogens is 1. The van der Waals surface area contributed by atoms with Crippen molar-refractivity contribution in [3.05, 3.63) is 11.6 Å². The Kier molecular flexibility index (Phi) is 4.48. The molecule has 3 heteroatoms. The van der Waals surface area contributed by atoms with Gasteiger partial charge in [0.2, 0.25) is 0 Å². The summed E-state index contributed by atoms with van der Waals surface area (Å²) < 4.78 is 0.739. The van der Waals surface area contributed by atoms with Gasteiger partial charge in [0.05, 0.1) is 13.1 Å². The molecule has 0 aliphatic heterocycles. The van der Waals surface area contributed by atoms with Gasteiger partial charge in [-0.05, 0) is 18.4 Å². The van der Waals surface area contributed by atoms with E-state index in [1.165, 1.54) is 24.8 Å². The Bertz CT molecular complexity index is 243. The maximum Gasteiger partial charge on any atom is 0.182 e. The fourth-order valence-corrected chi connectivity index (χ4v) is 2.20. The summed E-state index contributed by atoms with van der Waals surface area (Å²) in [6.45, 7) is 3.68. The second-order valence-electron chi connectivity index (χ2n) is 4.69. The highest BCUT2D eigenvalue weighted by Gasteiger charge is 2.36. The van der Waals surface area contributed by atoms with Crippen molar-refractivity contribution < 1.29 is 4.48 Å². The van der Waals surface area contributed by atoms with E-state index in [9.17, 15) is 0 Å². The molecule has 1 fully saturated rings. The number of likely N-dealkylation sites (N-methyl/N-ethyl adjacent to an activating group) is 1. The zero-order valence-electron chi connectivity index (χ0n) is 10.00. The Balaban J connectivity index is 2.65. The van der Waals surface area contributed by atoms with Crippen LogP contribution in [0.4, 0.5) is 0 Å². The number of nitrogens with two attached hydrogens (primary N) is 1. The van der Waals surface area contributed by atoms with Gasteiger partial charge in [-0.15, -0.1) is 0 Å². The largest absolute Gasteiger partial charge is 0.327 e. The van der Waals surface area contributed by atoms with Crippen molar-refractivity contribution in [2.24, 2.45) is 5.73 Å². The molecule has 86 valence electrons. The molecule has 1 aliphatic carbocycles. The second-order valence-corrected chi connectivity index (χ2v) is 4.69. The first-order valence-corrected chi connectivity index (χ1v) is 5.90. The van der Waals surface area contributed by atoms with Crippen LogP contribution in [0.3, 0.4) is 0 Å². The van der Waals surface area contributed by atoms with E-state index in [-0.39, 0.29) is 0 Å². The minimum absolute atomic E-state index is 0.627. The van der Waals surface area contributed by atoms with Crippen molar-refractivity contribution in [1.29, 1.82) is 5.41 Å². The summed E-state index contributed by atoms with van der Waals surface area (Å²) in [5.74, 6) is 0. The summed E-state index contributed by atoms with van der Waals surface area (Å²) >= 11 is 0. The van der Waals surface area contributed by atoms with Crippen molar-refractivity contribution in [3.63, 3.8) is 0 Å². The summed E-state index contributed by atoms with van der Waals surface area (Å²) in [6, 6.07) is 0.648. The highest BCUT2D eigenvalue weighted by Crippen LogP contribution is 2.29. The lowest BCUT2D eigenvalue weighted by Crippen LogP contribution is -2.55. The molecule has 0 aromatic heterocycles. The van der Waals surface area contributed by atoms with Crippen LogP contribution in [0.1, 0.15) is 32.6 Å². The Morgan fingerprint density at radius 1 is 1.53 bits per heavy atom. The summed E-state index contributed by atoms with van der Waals surface area (Å²) in [7, 11) is 2.15. The maximum absolute atomic E-state index is 7.60. The van der Waals surface area contributed by atoms with Gasteiger partial charge in [0.25, 0.3) is 0 Å². The van der Waals surface area contributed by atoms with Gasteiger partial charge in [-0.1, -0.05) is 13.0 Å². The van der Waals surface area contributed by atoms with Crippen LogP contribution in [0, 0.1) is 5.41 Å². The third kappa shape index (κ3) is 2.89. The molecule has 0 aromatic rings. The van der Waals surface area contributed by atoms with Gasteiger partial charge in [0, 0.05) is 19.4 Å². The number of allylic oxidation sites excluding steroid dienone is 1. The molecule has 1 aliphatic rings. The van der Waals surface area contributed by atoms with E-state index in [1.54, 1.807) is 6.34 Å². The Morgan fingerprint density at radius 3 is 2.53 bits per heavy atom. The van der Waals surface area contributed by atoms with Crippen LogP contribution in [0.5, 0.6) is 0 Å². The van der Waals surface area contributed by atoms with Crippen molar-refractivity contribution in [1.82, 2.24) is 0 Å². The smallest absolute Gasteiger partial charge is 0.182 e. The second kappa shape index (κ2) is 5.42. The van der Waals surface area contributed by atoms with E-state index in [0.29, 0.717) is 12.6 Å². The van der Waals surface area contributed by atoms with Gasteiger partial charge in [-0.25, -0.2) is 0 Å². The summed E-state index contributed by atoms with van der Waals surface area (Å²) in [5, 5.41) is 7.60. The van der Waals surface area contributed by atoms with E-state index in [0.717, 1.165) is 17.4 Å². The first kappa shape index (κ1) is 12.4. The van der Waals surface area contributed by atoms with E-state index >= 15 is 0 Å². The highest BCUT2D eigenvalue weighted by molar-refractivity contribution is 5.42. The zero-order chi connectivity index (χ0) is 11.3. The third-order valence-corrected chi connectivity index (χ3v) is 3.50. The Hall–Kier alpha value is -0.670. The van der Waals surface area contributed by atoms with Crippen LogP contribution in [0.15, 0.2) is 11.6 Å². The predicted molar refractivity (Wildman–Crippen MR) is 64.9 cm³/mol.